The van der Waals surface area contributed by atoms with Crippen LogP contribution >= 0.6 is 23.2 Å². The van der Waals surface area contributed by atoms with Crippen molar-refractivity contribution in [2.45, 2.75) is 19.0 Å². The maximum atomic E-state index is 13.9. The van der Waals surface area contributed by atoms with E-state index in [1.54, 1.807) is 60.7 Å². The number of primary amides is 1. The summed E-state index contributed by atoms with van der Waals surface area (Å²) in [6, 6.07) is 25.0. The van der Waals surface area contributed by atoms with Crippen molar-refractivity contribution in [3.8, 4) is 5.69 Å². The van der Waals surface area contributed by atoms with Gasteiger partial charge in [-0.1, -0.05) is 77.8 Å². The maximum Gasteiger partial charge on any atom is 0.288 e. The summed E-state index contributed by atoms with van der Waals surface area (Å²) in [6.45, 7) is -0.323. The molecule has 2 heterocycles. The minimum Gasteiger partial charge on any atom is -0.363 e. The molecule has 13 heteroatoms. The molecular formula is C34H24Cl2N6O5. The van der Waals surface area contributed by atoms with Crippen LogP contribution < -0.4 is 11.1 Å². The van der Waals surface area contributed by atoms with Crippen LogP contribution in [-0.4, -0.2) is 55.1 Å². The standard InChI is InChI=1S/C34H24Cl2N6O5/c35-20-14-15-26(24(17-20)29(43)23-12-6-7-13-25(23)36)42-28(39-31(40-42)30(37)44)18-38-32(45)27(16-19-8-2-1-3-9-19)41-33(46)21-10-4-5-11-22(21)34(41)47/h1-15,17,27H,16,18H2,(H2,37,44)(H,38,45)/t27-/m0/s1. The molecule has 4 amide bonds. The van der Waals surface area contributed by atoms with Crippen LogP contribution in [0, 0.1) is 0 Å². The average Bonchev–Trinajstić information content (AvgIpc) is 3.61. The summed E-state index contributed by atoms with van der Waals surface area (Å²) in [4.78, 5) is 71.7. The SMILES string of the molecule is NC(=O)c1nc(CNC(=O)[C@H](Cc2ccccc2)N2C(=O)c3ccccc3C2=O)n(-c2ccc(Cl)cc2C(=O)c2ccccc2Cl)n1. The molecule has 0 bridgehead atoms. The van der Waals surface area contributed by atoms with E-state index in [1.165, 1.54) is 35.0 Å². The largest absolute Gasteiger partial charge is 0.363 e. The molecule has 3 N–H and O–H groups in total. The van der Waals surface area contributed by atoms with Crippen LogP contribution in [0.5, 0.6) is 0 Å². The van der Waals surface area contributed by atoms with Crippen molar-refractivity contribution < 1.29 is 24.0 Å². The van der Waals surface area contributed by atoms with Crippen LogP contribution in [0.3, 0.4) is 0 Å². The van der Waals surface area contributed by atoms with E-state index in [0.717, 1.165) is 4.90 Å². The Hall–Kier alpha value is -5.65. The molecule has 6 rings (SSSR count). The molecule has 0 saturated heterocycles. The highest BCUT2D eigenvalue weighted by molar-refractivity contribution is 6.35. The van der Waals surface area contributed by atoms with Gasteiger partial charge in [-0.2, -0.15) is 0 Å². The Balaban J connectivity index is 1.35. The summed E-state index contributed by atoms with van der Waals surface area (Å²) >= 11 is 12.6. The summed E-state index contributed by atoms with van der Waals surface area (Å²) < 4.78 is 1.20. The molecule has 0 spiro atoms. The van der Waals surface area contributed by atoms with Crippen molar-refractivity contribution in [1.29, 1.82) is 0 Å². The van der Waals surface area contributed by atoms with E-state index in [2.05, 4.69) is 15.4 Å². The van der Waals surface area contributed by atoms with Crippen LogP contribution in [0.4, 0.5) is 0 Å². The molecule has 11 nitrogen and oxygen atoms in total. The molecule has 0 unspecified atom stereocenters. The minimum absolute atomic E-state index is 0.0310. The molecule has 1 aliphatic heterocycles. The van der Waals surface area contributed by atoms with Crippen molar-refractivity contribution in [3.63, 3.8) is 0 Å². The first-order valence-corrected chi connectivity index (χ1v) is 15.0. The topological polar surface area (TPSA) is 157 Å². The second-order valence-electron chi connectivity index (χ2n) is 10.5. The normalized spacial score (nSPS) is 12.9. The van der Waals surface area contributed by atoms with Crippen molar-refractivity contribution in [2.75, 3.05) is 0 Å². The molecule has 1 atom stereocenters. The molecule has 47 heavy (non-hydrogen) atoms. The van der Waals surface area contributed by atoms with Crippen molar-refractivity contribution >= 4 is 52.6 Å². The van der Waals surface area contributed by atoms with Crippen LogP contribution in [0.25, 0.3) is 5.69 Å². The molecule has 5 aromatic rings. The number of hydrogen-bond donors (Lipinski definition) is 2. The van der Waals surface area contributed by atoms with E-state index in [0.29, 0.717) is 5.56 Å². The molecule has 1 aliphatic rings. The molecule has 4 aromatic carbocycles. The summed E-state index contributed by atoms with van der Waals surface area (Å²) in [5, 5.41) is 7.42. The number of rotatable bonds is 10. The van der Waals surface area contributed by atoms with E-state index in [9.17, 15) is 24.0 Å². The van der Waals surface area contributed by atoms with Crippen LogP contribution in [0.15, 0.2) is 97.1 Å². The third-order valence-electron chi connectivity index (χ3n) is 7.58. The molecule has 234 valence electrons. The number of nitrogens with zero attached hydrogens (tertiary/aromatic N) is 4. The zero-order valence-corrected chi connectivity index (χ0v) is 25.9. The third kappa shape index (κ3) is 6.14. The fourth-order valence-electron chi connectivity index (χ4n) is 5.33. The van der Waals surface area contributed by atoms with Gasteiger partial charge in [-0.3, -0.25) is 28.9 Å². The second-order valence-corrected chi connectivity index (χ2v) is 11.4. The van der Waals surface area contributed by atoms with E-state index in [-0.39, 0.29) is 62.6 Å². The van der Waals surface area contributed by atoms with Gasteiger partial charge in [0, 0.05) is 22.6 Å². The summed E-state index contributed by atoms with van der Waals surface area (Å²) in [5.74, 6) is -3.62. The number of fused-ring (bicyclic) bond motifs is 1. The first-order chi connectivity index (χ1) is 22.6. The van der Waals surface area contributed by atoms with Gasteiger partial charge in [-0.05, 0) is 48.0 Å². The lowest BCUT2D eigenvalue weighted by Gasteiger charge is -2.25. The van der Waals surface area contributed by atoms with Crippen molar-refractivity contribution in [1.82, 2.24) is 25.0 Å². The average molecular weight is 668 g/mol. The molecule has 0 aliphatic carbocycles. The first-order valence-electron chi connectivity index (χ1n) is 14.3. The lowest BCUT2D eigenvalue weighted by molar-refractivity contribution is -0.125. The Morgan fingerprint density at radius 2 is 1.45 bits per heavy atom. The zero-order valence-electron chi connectivity index (χ0n) is 24.4. The van der Waals surface area contributed by atoms with Gasteiger partial charge >= 0.3 is 0 Å². The number of ketones is 1. The van der Waals surface area contributed by atoms with Gasteiger partial charge < -0.3 is 11.1 Å². The molecule has 1 aromatic heterocycles. The van der Waals surface area contributed by atoms with Gasteiger partial charge in [0.2, 0.25) is 11.7 Å². The fraction of sp³-hybridized carbons (Fsp3) is 0.0882. The van der Waals surface area contributed by atoms with Gasteiger partial charge in [0.15, 0.2) is 11.6 Å². The Labute approximate surface area is 277 Å². The molecule has 0 radical (unpaired) electrons. The van der Waals surface area contributed by atoms with Crippen molar-refractivity contribution in [2.24, 2.45) is 5.73 Å². The lowest BCUT2D eigenvalue weighted by atomic mass is 10.0. The van der Waals surface area contributed by atoms with Gasteiger partial charge in [-0.15, -0.1) is 5.10 Å². The molecule has 0 saturated carbocycles. The molecule has 0 fully saturated rings. The van der Waals surface area contributed by atoms with E-state index >= 15 is 0 Å². The summed E-state index contributed by atoms with van der Waals surface area (Å²) in [7, 11) is 0. The predicted molar refractivity (Wildman–Crippen MR) is 172 cm³/mol. The first kappa shape index (κ1) is 31.3. The number of imide groups is 1. The van der Waals surface area contributed by atoms with Gasteiger partial charge in [0.1, 0.15) is 6.04 Å². The maximum absolute atomic E-state index is 13.9. The number of carbonyl (C=O) groups is 5. The van der Waals surface area contributed by atoms with Gasteiger partial charge in [0.05, 0.1) is 28.4 Å². The summed E-state index contributed by atoms with van der Waals surface area (Å²) in [5.41, 5.74) is 7.09. The number of nitrogens with one attached hydrogen (secondary N) is 1. The third-order valence-corrected chi connectivity index (χ3v) is 8.14. The van der Waals surface area contributed by atoms with E-state index < -0.39 is 35.5 Å². The quantitative estimate of drug-likeness (QED) is 0.165. The highest BCUT2D eigenvalue weighted by Crippen LogP contribution is 2.28. The predicted octanol–water partition coefficient (Wildman–Crippen LogP) is 4.43. The van der Waals surface area contributed by atoms with Crippen LogP contribution in [-0.2, 0) is 17.8 Å². The van der Waals surface area contributed by atoms with E-state index in [4.69, 9.17) is 28.9 Å². The monoisotopic (exact) mass is 666 g/mol. The smallest absolute Gasteiger partial charge is 0.288 e. The highest BCUT2D eigenvalue weighted by Gasteiger charge is 2.42. The fourth-order valence-corrected chi connectivity index (χ4v) is 5.73. The second kappa shape index (κ2) is 13.0. The number of amides is 4. The number of aromatic nitrogens is 3. The van der Waals surface area contributed by atoms with Gasteiger partial charge in [0.25, 0.3) is 17.7 Å². The molecular weight excluding hydrogens is 643 g/mol. The Bertz CT molecular complexity index is 2050. The van der Waals surface area contributed by atoms with Crippen LogP contribution in [0.2, 0.25) is 10.0 Å². The number of halogens is 2. The lowest BCUT2D eigenvalue weighted by Crippen LogP contribution is -2.50. The Morgan fingerprint density at radius 1 is 0.809 bits per heavy atom. The number of hydrogen-bond acceptors (Lipinski definition) is 7. The number of benzene rings is 4. The van der Waals surface area contributed by atoms with Gasteiger partial charge in [-0.25, -0.2) is 9.67 Å². The number of nitrogens with two attached hydrogens (primary N) is 1. The Kier molecular flexibility index (Phi) is 8.66. The zero-order chi connectivity index (χ0) is 33.2. The van der Waals surface area contributed by atoms with Crippen molar-refractivity contribution in [3.05, 3.63) is 147 Å². The number of carbonyl (C=O) groups excluding carboxylic acids is 5. The Morgan fingerprint density at radius 3 is 2.11 bits per heavy atom. The van der Waals surface area contributed by atoms with E-state index in [1.807, 2.05) is 6.07 Å². The summed E-state index contributed by atoms with van der Waals surface area (Å²) in [6.07, 6.45) is 0.0328. The minimum atomic E-state index is -1.23. The van der Waals surface area contributed by atoms with Crippen LogP contribution in [0.1, 0.15) is 58.6 Å². The highest BCUT2D eigenvalue weighted by atomic mass is 35.5.